The summed E-state index contributed by atoms with van der Waals surface area (Å²) in [5.41, 5.74) is -0.827. The van der Waals surface area contributed by atoms with Crippen LogP contribution in [0.3, 0.4) is 0 Å². The molecule has 4 nitrogen and oxygen atoms in total. The summed E-state index contributed by atoms with van der Waals surface area (Å²) in [7, 11) is 0. The molecule has 0 aliphatic carbocycles. The van der Waals surface area contributed by atoms with Gasteiger partial charge in [-0.25, -0.2) is 0 Å². The Morgan fingerprint density at radius 1 is 1.26 bits per heavy atom. The second-order valence-corrected chi connectivity index (χ2v) is 7.74. The number of rotatable bonds is 8. The zero-order valence-corrected chi connectivity index (χ0v) is 13.4. The molecule has 0 aromatic rings. The molecule has 0 bridgehead atoms. The topological polar surface area (TPSA) is 74.6 Å². The van der Waals surface area contributed by atoms with Crippen LogP contribution in [0.5, 0.6) is 0 Å². The zero-order valence-electron chi connectivity index (χ0n) is 10.3. The molecular formula is C11H16Cl4O4. The van der Waals surface area contributed by atoms with E-state index in [1.54, 1.807) is 6.92 Å². The first-order valence-electron chi connectivity index (χ1n) is 5.55. The van der Waals surface area contributed by atoms with E-state index in [0.717, 1.165) is 0 Å². The first-order chi connectivity index (χ1) is 8.50. The van der Waals surface area contributed by atoms with E-state index in [1.165, 1.54) is 0 Å². The highest BCUT2D eigenvalue weighted by Gasteiger charge is 2.39. The van der Waals surface area contributed by atoms with Crippen LogP contribution in [0, 0.1) is 5.41 Å². The van der Waals surface area contributed by atoms with Gasteiger partial charge < -0.3 is 10.2 Å². The Kier molecular flexibility index (Phi) is 8.00. The van der Waals surface area contributed by atoms with Gasteiger partial charge in [-0.3, -0.25) is 9.59 Å². The van der Waals surface area contributed by atoms with Crippen molar-refractivity contribution in [2.45, 2.75) is 41.8 Å². The summed E-state index contributed by atoms with van der Waals surface area (Å²) in [6, 6.07) is 0. The van der Waals surface area contributed by atoms with Crippen LogP contribution in [-0.4, -0.2) is 37.7 Å². The summed E-state index contributed by atoms with van der Waals surface area (Å²) in [5.74, 6) is -1.68. The van der Waals surface area contributed by atoms with Gasteiger partial charge in [0.1, 0.15) is 12.2 Å². The fourth-order valence-electron chi connectivity index (χ4n) is 1.74. The molecule has 0 spiro atoms. The predicted octanol–water partition coefficient (Wildman–Crippen LogP) is 3.18. The van der Waals surface area contributed by atoms with Crippen molar-refractivity contribution < 1.29 is 19.8 Å². The number of carbonyl (C=O) groups is 2. The summed E-state index contributed by atoms with van der Waals surface area (Å²) in [6.07, 6.45) is -0.462. The number of aliphatic hydroxyl groups excluding tert-OH is 1. The molecule has 8 heteroatoms. The molecule has 0 fully saturated rings. The van der Waals surface area contributed by atoms with E-state index in [9.17, 15) is 9.59 Å². The average Bonchev–Trinajstić information content (AvgIpc) is 2.12. The highest BCUT2D eigenvalue weighted by atomic mass is 35.6. The van der Waals surface area contributed by atoms with E-state index in [2.05, 4.69) is 0 Å². The van der Waals surface area contributed by atoms with Gasteiger partial charge in [0.25, 0.3) is 0 Å². The van der Waals surface area contributed by atoms with Crippen LogP contribution in [0.15, 0.2) is 0 Å². The first-order valence-corrected chi connectivity index (χ1v) is 7.12. The van der Waals surface area contributed by atoms with Crippen LogP contribution in [0.1, 0.15) is 32.6 Å². The normalized spacial score (nSPS) is 16.7. The van der Waals surface area contributed by atoms with E-state index >= 15 is 0 Å². The maximum atomic E-state index is 11.6. The Bertz CT molecular complexity index is 329. The Morgan fingerprint density at radius 2 is 1.79 bits per heavy atom. The molecule has 2 atom stereocenters. The van der Waals surface area contributed by atoms with Gasteiger partial charge in [-0.05, 0) is 11.8 Å². The zero-order chi connectivity index (χ0) is 15.3. The molecule has 0 aromatic carbocycles. The van der Waals surface area contributed by atoms with Gasteiger partial charge in [-0.15, -0.1) is 11.6 Å². The molecule has 0 saturated heterocycles. The Morgan fingerprint density at radius 3 is 2.16 bits per heavy atom. The maximum absolute atomic E-state index is 11.6. The van der Waals surface area contributed by atoms with Crippen molar-refractivity contribution in [1.29, 1.82) is 0 Å². The van der Waals surface area contributed by atoms with Crippen LogP contribution in [-0.2, 0) is 9.59 Å². The molecule has 0 saturated carbocycles. The number of carbonyl (C=O) groups excluding carboxylic acids is 1. The molecule has 0 radical (unpaired) electrons. The number of hydrogen-bond acceptors (Lipinski definition) is 3. The minimum absolute atomic E-state index is 0.00390. The van der Waals surface area contributed by atoms with Crippen LogP contribution in [0.25, 0.3) is 0 Å². The lowest BCUT2D eigenvalue weighted by Crippen LogP contribution is -2.35. The van der Waals surface area contributed by atoms with Gasteiger partial charge >= 0.3 is 5.97 Å². The fourth-order valence-corrected chi connectivity index (χ4v) is 2.86. The van der Waals surface area contributed by atoms with E-state index in [4.69, 9.17) is 56.6 Å². The Balaban J connectivity index is 4.82. The Labute approximate surface area is 132 Å². The molecule has 112 valence electrons. The third kappa shape index (κ3) is 8.20. The lowest BCUT2D eigenvalue weighted by Gasteiger charge is -2.34. The third-order valence-electron chi connectivity index (χ3n) is 2.80. The van der Waals surface area contributed by atoms with Crippen molar-refractivity contribution in [2.75, 3.05) is 6.61 Å². The lowest BCUT2D eigenvalue weighted by molar-refractivity contribution is -0.140. The van der Waals surface area contributed by atoms with Gasteiger partial charge in [-0.1, -0.05) is 41.7 Å². The number of aliphatic carboxylic acids is 1. The molecule has 2 unspecified atom stereocenters. The molecule has 0 aliphatic heterocycles. The van der Waals surface area contributed by atoms with Gasteiger partial charge in [-0.2, -0.15) is 0 Å². The van der Waals surface area contributed by atoms with Crippen LogP contribution in [0.4, 0.5) is 0 Å². The van der Waals surface area contributed by atoms with Crippen LogP contribution >= 0.6 is 46.4 Å². The molecule has 0 heterocycles. The van der Waals surface area contributed by atoms with E-state index < -0.39 is 32.8 Å². The summed E-state index contributed by atoms with van der Waals surface area (Å²) in [5, 5.41) is 17.0. The number of halogens is 4. The van der Waals surface area contributed by atoms with Crippen molar-refractivity contribution in [3.63, 3.8) is 0 Å². The average molecular weight is 354 g/mol. The SMILES string of the molecule is CC(CCO)(CC(=O)CC(=O)O)C(Cl)CC(Cl)(Cl)Cl. The standard InChI is InChI=1S/C11H16Cl4O4/c1-10(2-3-16,5-7(17)4-9(18)19)8(12)6-11(13,14)15/h8,16H,2-6H2,1H3,(H,18,19). The largest absolute Gasteiger partial charge is 0.481 e. The number of Topliss-reactive ketones (excluding diaryl/α,β-unsaturated/α-hetero) is 1. The van der Waals surface area contributed by atoms with E-state index in [-0.39, 0.29) is 25.9 Å². The molecule has 0 rings (SSSR count). The quantitative estimate of drug-likeness (QED) is 0.519. The third-order valence-corrected chi connectivity index (χ3v) is 3.94. The number of ketones is 1. The molecule has 0 aromatic heterocycles. The smallest absolute Gasteiger partial charge is 0.310 e. The highest BCUT2D eigenvalue weighted by Crippen LogP contribution is 2.43. The lowest BCUT2D eigenvalue weighted by atomic mass is 9.77. The summed E-state index contributed by atoms with van der Waals surface area (Å²) in [6.45, 7) is 1.47. The summed E-state index contributed by atoms with van der Waals surface area (Å²) >= 11 is 23.1. The first kappa shape index (κ1) is 19.3. The van der Waals surface area contributed by atoms with Gasteiger partial charge in [0.05, 0.1) is 0 Å². The van der Waals surface area contributed by atoms with Crippen molar-refractivity contribution in [1.82, 2.24) is 0 Å². The van der Waals surface area contributed by atoms with Gasteiger partial charge in [0.15, 0.2) is 3.79 Å². The number of aliphatic hydroxyl groups is 1. The minimum atomic E-state index is -1.57. The molecule has 2 N–H and O–H groups in total. The molecule has 0 aliphatic rings. The van der Waals surface area contributed by atoms with Gasteiger partial charge in [0, 0.05) is 24.8 Å². The highest BCUT2D eigenvalue weighted by molar-refractivity contribution is 6.67. The number of alkyl halides is 4. The van der Waals surface area contributed by atoms with E-state index in [0.29, 0.717) is 0 Å². The monoisotopic (exact) mass is 352 g/mol. The predicted molar refractivity (Wildman–Crippen MR) is 76.2 cm³/mol. The number of carboxylic acid groups (broad SMARTS) is 1. The number of carboxylic acids is 1. The molecule has 19 heavy (non-hydrogen) atoms. The van der Waals surface area contributed by atoms with Crippen molar-refractivity contribution >= 4 is 58.2 Å². The molecular weight excluding hydrogens is 338 g/mol. The summed E-state index contributed by atoms with van der Waals surface area (Å²) in [4.78, 5) is 22.1. The molecule has 0 amide bonds. The summed E-state index contributed by atoms with van der Waals surface area (Å²) < 4.78 is -1.57. The number of hydrogen-bond donors (Lipinski definition) is 2. The van der Waals surface area contributed by atoms with Crippen molar-refractivity contribution in [3.05, 3.63) is 0 Å². The second kappa shape index (κ2) is 7.89. The Hall–Kier alpha value is 0.260. The fraction of sp³-hybridized carbons (Fsp3) is 0.818. The van der Waals surface area contributed by atoms with Crippen LogP contribution < -0.4 is 0 Å². The van der Waals surface area contributed by atoms with E-state index in [1.807, 2.05) is 0 Å². The van der Waals surface area contributed by atoms with Crippen molar-refractivity contribution in [3.8, 4) is 0 Å². The minimum Gasteiger partial charge on any atom is -0.481 e. The van der Waals surface area contributed by atoms with Crippen molar-refractivity contribution in [2.24, 2.45) is 5.41 Å². The maximum Gasteiger partial charge on any atom is 0.310 e. The van der Waals surface area contributed by atoms with Gasteiger partial charge in [0.2, 0.25) is 0 Å². The van der Waals surface area contributed by atoms with Crippen LogP contribution in [0.2, 0.25) is 0 Å². The second-order valence-electron chi connectivity index (χ2n) is 4.70.